The number of carboxylic acids is 1. The molecule has 0 saturated carbocycles. The van der Waals surface area contributed by atoms with E-state index in [4.69, 9.17) is 14.6 Å². The maximum atomic E-state index is 11.1. The Labute approximate surface area is 145 Å². The number of hydrogen-bond acceptors (Lipinski definition) is 4. The summed E-state index contributed by atoms with van der Waals surface area (Å²) in [5, 5.41) is 9.14. The number of rotatable bonds is 6. The summed E-state index contributed by atoms with van der Waals surface area (Å²) in [7, 11) is 3.18. The second kappa shape index (κ2) is 7.09. The van der Waals surface area contributed by atoms with Crippen LogP contribution in [0.15, 0.2) is 54.9 Å². The minimum atomic E-state index is -0.942. The molecular weight excluding hydrogens is 320 g/mol. The van der Waals surface area contributed by atoms with Gasteiger partial charge in [-0.2, -0.15) is 0 Å². The molecule has 0 saturated heterocycles. The third kappa shape index (κ3) is 3.33. The molecule has 0 aliphatic rings. The molecule has 1 heterocycles. The van der Waals surface area contributed by atoms with E-state index in [0.717, 1.165) is 17.0 Å². The van der Waals surface area contributed by atoms with Gasteiger partial charge in [0.15, 0.2) is 11.5 Å². The summed E-state index contributed by atoms with van der Waals surface area (Å²) in [4.78, 5) is 15.6. The zero-order valence-corrected chi connectivity index (χ0v) is 14.0. The van der Waals surface area contributed by atoms with Gasteiger partial charge in [-0.3, -0.25) is 0 Å². The van der Waals surface area contributed by atoms with E-state index < -0.39 is 5.97 Å². The molecule has 0 spiro atoms. The van der Waals surface area contributed by atoms with Crippen LogP contribution in [0.3, 0.4) is 0 Å². The van der Waals surface area contributed by atoms with E-state index in [1.165, 1.54) is 0 Å². The normalized spacial score (nSPS) is 10.5. The fourth-order valence-electron chi connectivity index (χ4n) is 2.74. The number of benzene rings is 2. The lowest BCUT2D eigenvalue weighted by Crippen LogP contribution is -2.04. The van der Waals surface area contributed by atoms with Crippen LogP contribution in [-0.4, -0.2) is 34.8 Å². The van der Waals surface area contributed by atoms with Crippen LogP contribution in [0.1, 0.15) is 15.9 Å². The molecule has 2 aromatic carbocycles. The molecular formula is C19H18N2O4. The highest BCUT2D eigenvalue weighted by Crippen LogP contribution is 2.37. The number of aromatic nitrogens is 2. The monoisotopic (exact) mass is 338 g/mol. The van der Waals surface area contributed by atoms with E-state index in [1.807, 2.05) is 35.0 Å². The summed E-state index contributed by atoms with van der Waals surface area (Å²) in [5.41, 5.74) is 1.94. The number of aromatic carboxylic acids is 1. The molecule has 128 valence electrons. The van der Waals surface area contributed by atoms with Crippen LogP contribution in [-0.2, 0) is 6.54 Å². The molecule has 6 nitrogen and oxygen atoms in total. The second-order valence-electron chi connectivity index (χ2n) is 5.43. The SMILES string of the molecule is COc1cccc(-c2nccn2Cc2cccc(C(=O)O)c2)c1OC. The summed E-state index contributed by atoms with van der Waals surface area (Å²) in [6, 6.07) is 12.5. The Morgan fingerprint density at radius 3 is 2.68 bits per heavy atom. The fourth-order valence-corrected chi connectivity index (χ4v) is 2.74. The number of ether oxygens (including phenoxy) is 2. The third-order valence-electron chi connectivity index (χ3n) is 3.89. The molecule has 0 aliphatic carbocycles. The highest BCUT2D eigenvalue weighted by atomic mass is 16.5. The molecule has 0 amide bonds. The quantitative estimate of drug-likeness (QED) is 0.746. The van der Waals surface area contributed by atoms with Crippen LogP contribution in [0, 0.1) is 0 Å². The molecule has 3 rings (SSSR count). The minimum absolute atomic E-state index is 0.262. The van der Waals surface area contributed by atoms with E-state index in [2.05, 4.69) is 4.98 Å². The largest absolute Gasteiger partial charge is 0.493 e. The summed E-state index contributed by atoms with van der Waals surface area (Å²) in [6.07, 6.45) is 3.55. The van der Waals surface area contributed by atoms with Crippen molar-refractivity contribution in [2.45, 2.75) is 6.54 Å². The Kier molecular flexibility index (Phi) is 4.70. The summed E-state index contributed by atoms with van der Waals surface area (Å²) in [5.74, 6) is 1.01. The minimum Gasteiger partial charge on any atom is -0.493 e. The number of hydrogen-bond donors (Lipinski definition) is 1. The summed E-state index contributed by atoms with van der Waals surface area (Å²) >= 11 is 0. The number of carbonyl (C=O) groups is 1. The van der Waals surface area contributed by atoms with Crippen molar-refractivity contribution in [2.75, 3.05) is 14.2 Å². The lowest BCUT2D eigenvalue weighted by atomic mass is 10.1. The lowest BCUT2D eigenvalue weighted by Gasteiger charge is -2.14. The highest BCUT2D eigenvalue weighted by molar-refractivity contribution is 5.87. The van der Waals surface area contributed by atoms with Gasteiger partial charge in [-0.15, -0.1) is 0 Å². The van der Waals surface area contributed by atoms with Crippen LogP contribution in [0.2, 0.25) is 0 Å². The number of carboxylic acid groups (broad SMARTS) is 1. The predicted molar refractivity (Wildman–Crippen MR) is 93.3 cm³/mol. The zero-order chi connectivity index (χ0) is 17.8. The van der Waals surface area contributed by atoms with Crippen molar-refractivity contribution < 1.29 is 19.4 Å². The van der Waals surface area contributed by atoms with Crippen molar-refractivity contribution in [3.05, 3.63) is 66.0 Å². The van der Waals surface area contributed by atoms with Crippen molar-refractivity contribution in [1.82, 2.24) is 9.55 Å². The second-order valence-corrected chi connectivity index (χ2v) is 5.43. The first-order valence-corrected chi connectivity index (χ1v) is 7.68. The van der Waals surface area contributed by atoms with Crippen LogP contribution in [0.25, 0.3) is 11.4 Å². The Hall–Kier alpha value is -3.28. The van der Waals surface area contributed by atoms with Gasteiger partial charge in [-0.05, 0) is 29.8 Å². The van der Waals surface area contributed by atoms with Gasteiger partial charge >= 0.3 is 5.97 Å². The number of nitrogens with zero attached hydrogens (tertiary/aromatic N) is 2. The Morgan fingerprint density at radius 1 is 1.16 bits per heavy atom. The van der Waals surface area contributed by atoms with Crippen molar-refractivity contribution in [2.24, 2.45) is 0 Å². The molecule has 1 N–H and O–H groups in total. The summed E-state index contributed by atoms with van der Waals surface area (Å²) in [6.45, 7) is 0.497. The fraction of sp³-hybridized carbons (Fsp3) is 0.158. The van der Waals surface area contributed by atoms with Gasteiger partial charge in [-0.1, -0.05) is 18.2 Å². The van der Waals surface area contributed by atoms with E-state index in [0.29, 0.717) is 18.0 Å². The van der Waals surface area contributed by atoms with Gasteiger partial charge in [0, 0.05) is 18.9 Å². The number of para-hydroxylation sites is 1. The van der Waals surface area contributed by atoms with Crippen LogP contribution in [0.4, 0.5) is 0 Å². The first-order chi connectivity index (χ1) is 12.1. The van der Waals surface area contributed by atoms with Gasteiger partial charge in [0.1, 0.15) is 5.82 Å². The average molecular weight is 338 g/mol. The molecule has 25 heavy (non-hydrogen) atoms. The Morgan fingerprint density at radius 2 is 1.96 bits per heavy atom. The van der Waals surface area contributed by atoms with E-state index in [1.54, 1.807) is 38.6 Å². The van der Waals surface area contributed by atoms with Gasteiger partial charge in [-0.25, -0.2) is 9.78 Å². The van der Waals surface area contributed by atoms with E-state index in [-0.39, 0.29) is 5.56 Å². The molecule has 1 aromatic heterocycles. The molecule has 0 atom stereocenters. The maximum Gasteiger partial charge on any atom is 0.335 e. The van der Waals surface area contributed by atoms with Gasteiger partial charge < -0.3 is 19.1 Å². The smallest absolute Gasteiger partial charge is 0.335 e. The molecule has 0 bridgehead atoms. The highest BCUT2D eigenvalue weighted by Gasteiger charge is 2.16. The van der Waals surface area contributed by atoms with Gasteiger partial charge in [0.05, 0.1) is 25.3 Å². The van der Waals surface area contributed by atoms with E-state index in [9.17, 15) is 4.79 Å². The first-order valence-electron chi connectivity index (χ1n) is 7.68. The Bertz CT molecular complexity index is 902. The van der Waals surface area contributed by atoms with Crippen molar-refractivity contribution >= 4 is 5.97 Å². The number of imidazole rings is 1. The van der Waals surface area contributed by atoms with Crippen LogP contribution in [0.5, 0.6) is 11.5 Å². The average Bonchev–Trinajstić information content (AvgIpc) is 3.09. The molecule has 0 unspecified atom stereocenters. The van der Waals surface area contributed by atoms with Crippen molar-refractivity contribution in [3.63, 3.8) is 0 Å². The maximum absolute atomic E-state index is 11.1. The molecule has 0 radical (unpaired) electrons. The predicted octanol–water partition coefficient (Wildman–Crippen LogP) is 3.31. The number of methoxy groups -OCH3 is 2. The molecule has 0 fully saturated rings. The standard InChI is InChI=1S/C19H18N2O4/c1-24-16-8-4-7-15(17(16)25-2)18-20-9-10-21(18)12-13-5-3-6-14(11-13)19(22)23/h3-11H,12H2,1-2H3,(H,22,23). The van der Waals surface area contributed by atoms with Crippen LogP contribution >= 0.6 is 0 Å². The van der Waals surface area contributed by atoms with Crippen molar-refractivity contribution in [3.8, 4) is 22.9 Å². The molecule has 3 aromatic rings. The zero-order valence-electron chi connectivity index (χ0n) is 14.0. The molecule has 6 heteroatoms. The van der Waals surface area contributed by atoms with Gasteiger partial charge in [0.2, 0.25) is 0 Å². The van der Waals surface area contributed by atoms with E-state index >= 15 is 0 Å². The Balaban J connectivity index is 1.99. The third-order valence-corrected chi connectivity index (χ3v) is 3.89. The molecule has 0 aliphatic heterocycles. The van der Waals surface area contributed by atoms with Gasteiger partial charge in [0.25, 0.3) is 0 Å². The summed E-state index contributed by atoms with van der Waals surface area (Å²) < 4.78 is 12.8. The topological polar surface area (TPSA) is 73.6 Å². The van der Waals surface area contributed by atoms with Crippen LogP contribution < -0.4 is 9.47 Å². The first kappa shape index (κ1) is 16.6. The lowest BCUT2D eigenvalue weighted by molar-refractivity contribution is 0.0696. The van der Waals surface area contributed by atoms with Crippen molar-refractivity contribution in [1.29, 1.82) is 0 Å².